The summed E-state index contributed by atoms with van der Waals surface area (Å²) in [6.45, 7) is 2.70. The Hall–Kier alpha value is -4.40. The van der Waals surface area contributed by atoms with Gasteiger partial charge in [0, 0.05) is 30.3 Å². The number of nitrogens with zero attached hydrogens (tertiary/aromatic N) is 2. The molecule has 9 heteroatoms. The Kier molecular flexibility index (Phi) is 8.81. The molecule has 0 aliphatic carbocycles. The topological polar surface area (TPSA) is 73.2 Å². The molecule has 0 radical (unpaired) electrons. The number of esters is 1. The smallest absolute Gasteiger partial charge is 0.416 e. The van der Waals surface area contributed by atoms with Crippen LogP contribution in [0.3, 0.4) is 0 Å². The number of halogens is 3. The predicted molar refractivity (Wildman–Crippen MR) is 141 cm³/mol. The van der Waals surface area contributed by atoms with Gasteiger partial charge in [-0.25, -0.2) is 0 Å². The van der Waals surface area contributed by atoms with Crippen LogP contribution in [0.25, 0.3) is 11.3 Å². The molecule has 6 nitrogen and oxygen atoms in total. The molecule has 0 spiro atoms. The summed E-state index contributed by atoms with van der Waals surface area (Å²) in [5, 5.41) is 7.48. The van der Waals surface area contributed by atoms with E-state index in [1.54, 1.807) is 19.1 Å². The zero-order valence-corrected chi connectivity index (χ0v) is 21.4. The SMILES string of the molecule is CCOC(=O)CCc1cn(Cc2ccc(C(=O)NCc3ccc(C(F)(F)F)cc3)cc2)nc1-c1ccccc1. The average Bonchev–Trinajstić information content (AvgIpc) is 3.34. The Morgan fingerprint density at radius 2 is 1.59 bits per heavy atom. The van der Waals surface area contributed by atoms with Crippen molar-refractivity contribution in [2.24, 2.45) is 0 Å². The Labute approximate surface area is 224 Å². The third kappa shape index (κ3) is 7.56. The number of benzene rings is 3. The zero-order chi connectivity index (χ0) is 27.8. The summed E-state index contributed by atoms with van der Waals surface area (Å²) in [5.41, 5.74) is 3.90. The molecular weight excluding hydrogens is 507 g/mol. The molecule has 0 saturated heterocycles. The van der Waals surface area contributed by atoms with Gasteiger partial charge in [-0.2, -0.15) is 18.3 Å². The highest BCUT2D eigenvalue weighted by molar-refractivity contribution is 5.94. The van der Waals surface area contributed by atoms with Crippen molar-refractivity contribution in [3.8, 4) is 11.3 Å². The molecule has 0 fully saturated rings. The van der Waals surface area contributed by atoms with Crippen molar-refractivity contribution in [3.05, 3.63) is 113 Å². The highest BCUT2D eigenvalue weighted by atomic mass is 19.4. The van der Waals surface area contributed by atoms with Crippen LogP contribution in [0.2, 0.25) is 0 Å². The summed E-state index contributed by atoms with van der Waals surface area (Å²) in [6.07, 6.45) is -1.71. The fourth-order valence-corrected chi connectivity index (χ4v) is 4.08. The number of ether oxygens (including phenoxy) is 1. The Morgan fingerprint density at radius 3 is 2.23 bits per heavy atom. The molecule has 1 heterocycles. The molecule has 202 valence electrons. The molecule has 0 saturated carbocycles. The number of amides is 1. The lowest BCUT2D eigenvalue weighted by atomic mass is 10.0. The van der Waals surface area contributed by atoms with Crippen LogP contribution in [0.5, 0.6) is 0 Å². The van der Waals surface area contributed by atoms with E-state index in [0.29, 0.717) is 30.7 Å². The lowest BCUT2D eigenvalue weighted by Gasteiger charge is -2.09. The third-order valence-electron chi connectivity index (χ3n) is 6.08. The molecule has 0 bridgehead atoms. The van der Waals surface area contributed by atoms with Crippen LogP contribution < -0.4 is 5.32 Å². The largest absolute Gasteiger partial charge is 0.466 e. The lowest BCUT2D eigenvalue weighted by Crippen LogP contribution is -2.22. The summed E-state index contributed by atoms with van der Waals surface area (Å²) in [4.78, 5) is 24.4. The summed E-state index contributed by atoms with van der Waals surface area (Å²) in [5.74, 6) is -0.579. The molecule has 0 unspecified atom stereocenters. The Bertz CT molecular complexity index is 1400. The molecule has 0 aliphatic heterocycles. The molecule has 0 atom stereocenters. The van der Waals surface area contributed by atoms with Crippen LogP contribution in [0.15, 0.2) is 85.1 Å². The first kappa shape index (κ1) is 27.6. The fourth-order valence-electron chi connectivity index (χ4n) is 4.08. The molecule has 4 rings (SSSR count). The molecule has 1 amide bonds. The second kappa shape index (κ2) is 12.4. The van der Waals surface area contributed by atoms with Crippen molar-refractivity contribution in [1.29, 1.82) is 0 Å². The van der Waals surface area contributed by atoms with Gasteiger partial charge in [0.05, 0.1) is 24.4 Å². The van der Waals surface area contributed by atoms with E-state index in [0.717, 1.165) is 34.5 Å². The standard InChI is InChI=1S/C30H28F3N3O3/c1-2-39-27(37)17-14-25-20-36(35-28(25)23-6-4-3-5-7-23)19-22-8-12-24(13-9-22)29(38)34-18-21-10-15-26(16-11-21)30(31,32)33/h3-13,15-16,20H,2,14,17-19H2,1H3,(H,34,38). The van der Waals surface area contributed by atoms with Gasteiger partial charge in [0.25, 0.3) is 5.91 Å². The molecule has 3 aromatic carbocycles. The van der Waals surface area contributed by atoms with E-state index in [1.807, 2.05) is 53.3 Å². The van der Waals surface area contributed by atoms with Gasteiger partial charge >= 0.3 is 12.1 Å². The van der Waals surface area contributed by atoms with E-state index >= 15 is 0 Å². The summed E-state index contributed by atoms with van der Waals surface area (Å²) >= 11 is 0. The minimum atomic E-state index is -4.40. The number of hydrogen-bond acceptors (Lipinski definition) is 4. The molecule has 1 N–H and O–H groups in total. The number of carbonyl (C=O) groups excluding carboxylic acids is 2. The first-order valence-electron chi connectivity index (χ1n) is 12.5. The van der Waals surface area contributed by atoms with Crippen molar-refractivity contribution in [2.45, 2.75) is 39.0 Å². The number of alkyl halides is 3. The highest BCUT2D eigenvalue weighted by Crippen LogP contribution is 2.29. The van der Waals surface area contributed by atoms with Gasteiger partial charge in [-0.05, 0) is 54.3 Å². The zero-order valence-electron chi connectivity index (χ0n) is 21.4. The maximum Gasteiger partial charge on any atom is 0.416 e. The number of nitrogens with one attached hydrogen (secondary N) is 1. The van der Waals surface area contributed by atoms with Gasteiger partial charge in [0.1, 0.15) is 0 Å². The van der Waals surface area contributed by atoms with Crippen LogP contribution in [-0.2, 0) is 35.2 Å². The number of carbonyl (C=O) groups is 2. The van der Waals surface area contributed by atoms with Crippen molar-refractivity contribution in [1.82, 2.24) is 15.1 Å². The van der Waals surface area contributed by atoms with Gasteiger partial charge in [0.15, 0.2) is 0 Å². The monoisotopic (exact) mass is 535 g/mol. The normalized spacial score (nSPS) is 11.3. The van der Waals surface area contributed by atoms with Crippen molar-refractivity contribution < 1.29 is 27.5 Å². The molecule has 39 heavy (non-hydrogen) atoms. The molecule has 0 aliphatic rings. The van der Waals surface area contributed by atoms with E-state index in [2.05, 4.69) is 5.32 Å². The van der Waals surface area contributed by atoms with Crippen LogP contribution in [0.1, 0.15) is 46.0 Å². The fraction of sp³-hybridized carbons (Fsp3) is 0.233. The highest BCUT2D eigenvalue weighted by Gasteiger charge is 2.29. The number of hydrogen-bond donors (Lipinski definition) is 1. The number of rotatable bonds is 10. The van der Waals surface area contributed by atoms with Gasteiger partial charge < -0.3 is 10.1 Å². The van der Waals surface area contributed by atoms with E-state index < -0.39 is 11.7 Å². The van der Waals surface area contributed by atoms with E-state index in [1.165, 1.54) is 12.1 Å². The summed E-state index contributed by atoms with van der Waals surface area (Å²) in [6, 6.07) is 21.5. The molecule has 1 aromatic heterocycles. The van der Waals surface area contributed by atoms with Crippen LogP contribution in [0, 0.1) is 0 Å². The minimum absolute atomic E-state index is 0.114. The minimum Gasteiger partial charge on any atom is -0.466 e. The van der Waals surface area contributed by atoms with Crippen LogP contribution >= 0.6 is 0 Å². The maximum atomic E-state index is 12.7. The average molecular weight is 536 g/mol. The van der Waals surface area contributed by atoms with Gasteiger partial charge in [-0.1, -0.05) is 54.6 Å². The third-order valence-corrected chi connectivity index (χ3v) is 6.08. The lowest BCUT2D eigenvalue weighted by molar-refractivity contribution is -0.143. The van der Waals surface area contributed by atoms with Crippen molar-refractivity contribution in [2.75, 3.05) is 6.61 Å². The van der Waals surface area contributed by atoms with Crippen molar-refractivity contribution >= 4 is 11.9 Å². The van der Waals surface area contributed by atoms with Crippen molar-refractivity contribution in [3.63, 3.8) is 0 Å². The predicted octanol–water partition coefficient (Wildman–Crippen LogP) is 6.04. The van der Waals surface area contributed by atoms with Gasteiger partial charge in [-0.3, -0.25) is 14.3 Å². The second-order valence-electron chi connectivity index (χ2n) is 8.95. The Balaban J connectivity index is 1.40. The van der Waals surface area contributed by atoms with E-state index in [9.17, 15) is 22.8 Å². The van der Waals surface area contributed by atoms with Gasteiger partial charge in [0.2, 0.25) is 0 Å². The quantitative estimate of drug-likeness (QED) is 0.251. The van der Waals surface area contributed by atoms with E-state index in [4.69, 9.17) is 9.84 Å². The van der Waals surface area contributed by atoms with E-state index in [-0.39, 0.29) is 24.8 Å². The second-order valence-corrected chi connectivity index (χ2v) is 8.95. The summed E-state index contributed by atoms with van der Waals surface area (Å²) < 4.78 is 45.0. The summed E-state index contributed by atoms with van der Waals surface area (Å²) in [7, 11) is 0. The first-order chi connectivity index (χ1) is 18.7. The molecule has 4 aromatic rings. The Morgan fingerprint density at radius 1 is 0.923 bits per heavy atom. The van der Waals surface area contributed by atoms with Gasteiger partial charge in [-0.15, -0.1) is 0 Å². The number of aryl methyl sites for hydroxylation is 1. The van der Waals surface area contributed by atoms with Crippen LogP contribution in [0.4, 0.5) is 13.2 Å². The maximum absolute atomic E-state index is 12.7. The number of aromatic nitrogens is 2. The molecular formula is C30H28F3N3O3. The van der Waals surface area contributed by atoms with Crippen LogP contribution in [-0.4, -0.2) is 28.3 Å². The first-order valence-corrected chi connectivity index (χ1v) is 12.5.